The van der Waals surface area contributed by atoms with E-state index in [2.05, 4.69) is 10.5 Å². The normalized spacial score (nSPS) is 11.1. The number of para-hydroxylation sites is 1. The molecule has 0 saturated heterocycles. The smallest absolute Gasteiger partial charge is 0.277 e. The van der Waals surface area contributed by atoms with Crippen LogP contribution in [0.25, 0.3) is 0 Å². The van der Waals surface area contributed by atoms with Gasteiger partial charge in [0.1, 0.15) is 5.75 Å². The van der Waals surface area contributed by atoms with Crippen LogP contribution in [0.4, 0.5) is 0 Å². The molecule has 0 atom stereocenters. The van der Waals surface area contributed by atoms with Gasteiger partial charge in [0, 0.05) is 5.02 Å². The third kappa shape index (κ3) is 4.90. The Morgan fingerprint density at radius 3 is 2.64 bits per heavy atom. The quantitative estimate of drug-likeness (QED) is 0.653. The van der Waals surface area contributed by atoms with Gasteiger partial charge in [0.05, 0.1) is 5.71 Å². The van der Waals surface area contributed by atoms with E-state index in [-0.39, 0.29) is 12.5 Å². The highest BCUT2D eigenvalue weighted by molar-refractivity contribution is 6.31. The van der Waals surface area contributed by atoms with Gasteiger partial charge in [-0.2, -0.15) is 5.10 Å². The van der Waals surface area contributed by atoms with Gasteiger partial charge >= 0.3 is 0 Å². The molecule has 0 radical (unpaired) electrons. The zero-order valence-corrected chi connectivity index (χ0v) is 13.0. The topological polar surface area (TPSA) is 50.7 Å². The Bertz CT molecular complexity index is 657. The van der Waals surface area contributed by atoms with Gasteiger partial charge in [-0.1, -0.05) is 48.9 Å². The van der Waals surface area contributed by atoms with E-state index < -0.39 is 0 Å². The third-order valence-corrected chi connectivity index (χ3v) is 3.16. The van der Waals surface area contributed by atoms with Gasteiger partial charge in [-0.05, 0) is 36.2 Å². The first-order valence-electron chi connectivity index (χ1n) is 6.98. The first kappa shape index (κ1) is 16.0. The fourth-order valence-electron chi connectivity index (χ4n) is 1.84. The second-order valence-electron chi connectivity index (χ2n) is 4.56. The first-order chi connectivity index (χ1) is 10.7. The van der Waals surface area contributed by atoms with E-state index in [0.29, 0.717) is 17.2 Å². The molecule has 4 nitrogen and oxygen atoms in total. The number of nitrogens with zero attached hydrogens (tertiary/aromatic N) is 1. The van der Waals surface area contributed by atoms with E-state index in [1.807, 2.05) is 43.3 Å². The first-order valence-corrected chi connectivity index (χ1v) is 7.36. The minimum absolute atomic E-state index is 0.0833. The number of halogens is 1. The summed E-state index contributed by atoms with van der Waals surface area (Å²) in [5, 5.41) is 4.78. The number of rotatable bonds is 6. The zero-order chi connectivity index (χ0) is 15.8. The number of benzene rings is 2. The summed E-state index contributed by atoms with van der Waals surface area (Å²) in [6.07, 6.45) is 0.681. The molecule has 0 bridgehead atoms. The van der Waals surface area contributed by atoms with Crippen LogP contribution in [-0.4, -0.2) is 18.2 Å². The second kappa shape index (κ2) is 8.20. The number of hydrazone groups is 1. The van der Waals surface area contributed by atoms with Crippen LogP contribution >= 0.6 is 11.6 Å². The molecule has 0 saturated carbocycles. The highest BCUT2D eigenvalue weighted by Crippen LogP contribution is 2.12. The standard InChI is InChI=1S/C17H17ClN2O2/c1-2-16(13-7-6-8-14(18)11-13)19-20-17(21)12-22-15-9-4-3-5-10-15/h3-11H,2,12H2,1H3,(H,20,21)/b19-16+. The highest BCUT2D eigenvalue weighted by atomic mass is 35.5. The molecule has 1 amide bonds. The van der Waals surface area contributed by atoms with Gasteiger partial charge in [-0.15, -0.1) is 0 Å². The van der Waals surface area contributed by atoms with Crippen LogP contribution < -0.4 is 10.2 Å². The van der Waals surface area contributed by atoms with Gasteiger partial charge in [0.2, 0.25) is 0 Å². The molecule has 22 heavy (non-hydrogen) atoms. The van der Waals surface area contributed by atoms with Crippen LogP contribution in [0.5, 0.6) is 5.75 Å². The maximum atomic E-state index is 11.8. The molecule has 2 aromatic carbocycles. The minimum Gasteiger partial charge on any atom is -0.484 e. The minimum atomic E-state index is -0.308. The lowest BCUT2D eigenvalue weighted by Crippen LogP contribution is -2.26. The number of nitrogens with one attached hydrogen (secondary N) is 1. The maximum Gasteiger partial charge on any atom is 0.277 e. The number of ether oxygens (including phenoxy) is 1. The van der Waals surface area contributed by atoms with Crippen LogP contribution in [0.15, 0.2) is 59.7 Å². The third-order valence-electron chi connectivity index (χ3n) is 2.92. The lowest BCUT2D eigenvalue weighted by Gasteiger charge is -2.07. The van der Waals surface area contributed by atoms with E-state index in [1.165, 1.54) is 0 Å². The summed E-state index contributed by atoms with van der Waals surface area (Å²) in [4.78, 5) is 11.8. The molecule has 0 aliphatic rings. The predicted octanol–water partition coefficient (Wildman–Crippen LogP) is 3.65. The molecule has 0 aliphatic heterocycles. The number of carbonyl (C=O) groups excluding carboxylic acids is 1. The Kier molecular flexibility index (Phi) is 5.98. The molecule has 0 fully saturated rings. The lowest BCUT2D eigenvalue weighted by molar-refractivity contribution is -0.123. The van der Waals surface area contributed by atoms with Crippen molar-refractivity contribution in [2.75, 3.05) is 6.61 Å². The van der Waals surface area contributed by atoms with Crippen molar-refractivity contribution in [2.45, 2.75) is 13.3 Å². The summed E-state index contributed by atoms with van der Waals surface area (Å²) in [6.45, 7) is 1.88. The molecule has 0 heterocycles. The summed E-state index contributed by atoms with van der Waals surface area (Å²) < 4.78 is 5.36. The van der Waals surface area contributed by atoms with Crippen molar-refractivity contribution in [1.29, 1.82) is 0 Å². The Balaban J connectivity index is 1.92. The van der Waals surface area contributed by atoms with Crippen LogP contribution in [0.2, 0.25) is 5.02 Å². The highest BCUT2D eigenvalue weighted by Gasteiger charge is 2.05. The predicted molar refractivity (Wildman–Crippen MR) is 88.4 cm³/mol. The average Bonchev–Trinajstić information content (AvgIpc) is 2.54. The van der Waals surface area contributed by atoms with E-state index in [1.54, 1.807) is 18.2 Å². The number of amides is 1. The molecule has 1 N–H and O–H groups in total. The van der Waals surface area contributed by atoms with Crippen molar-refractivity contribution in [1.82, 2.24) is 5.43 Å². The Morgan fingerprint density at radius 2 is 1.95 bits per heavy atom. The second-order valence-corrected chi connectivity index (χ2v) is 5.00. The molecule has 2 aromatic rings. The molecule has 2 rings (SSSR count). The van der Waals surface area contributed by atoms with Crippen molar-refractivity contribution in [2.24, 2.45) is 5.10 Å². The van der Waals surface area contributed by atoms with E-state index in [4.69, 9.17) is 16.3 Å². The van der Waals surface area contributed by atoms with E-state index in [9.17, 15) is 4.79 Å². The summed E-state index contributed by atoms with van der Waals surface area (Å²) in [6, 6.07) is 16.5. The molecule has 5 heteroatoms. The molecule has 0 spiro atoms. The van der Waals surface area contributed by atoms with Crippen molar-refractivity contribution in [3.63, 3.8) is 0 Å². The lowest BCUT2D eigenvalue weighted by atomic mass is 10.1. The van der Waals surface area contributed by atoms with Crippen molar-refractivity contribution >= 4 is 23.2 Å². The number of carbonyl (C=O) groups is 1. The largest absolute Gasteiger partial charge is 0.484 e. The van der Waals surface area contributed by atoms with E-state index in [0.717, 1.165) is 11.3 Å². The Morgan fingerprint density at radius 1 is 1.18 bits per heavy atom. The Labute approximate surface area is 134 Å². The van der Waals surface area contributed by atoms with Gasteiger partial charge in [-0.3, -0.25) is 4.79 Å². The van der Waals surface area contributed by atoms with Crippen molar-refractivity contribution < 1.29 is 9.53 Å². The van der Waals surface area contributed by atoms with E-state index >= 15 is 0 Å². The average molecular weight is 317 g/mol. The summed E-state index contributed by atoms with van der Waals surface area (Å²) in [5.41, 5.74) is 4.15. The van der Waals surface area contributed by atoms with Gasteiger partial charge < -0.3 is 4.74 Å². The molecule has 0 aliphatic carbocycles. The summed E-state index contributed by atoms with van der Waals surface area (Å²) in [7, 11) is 0. The van der Waals surface area contributed by atoms with Gasteiger partial charge in [0.15, 0.2) is 6.61 Å². The van der Waals surface area contributed by atoms with Crippen LogP contribution in [0.1, 0.15) is 18.9 Å². The zero-order valence-electron chi connectivity index (χ0n) is 12.3. The molecular weight excluding hydrogens is 300 g/mol. The Hall–Kier alpha value is -2.33. The van der Waals surface area contributed by atoms with Crippen LogP contribution in [-0.2, 0) is 4.79 Å². The summed E-state index contributed by atoms with van der Waals surface area (Å²) >= 11 is 5.96. The van der Waals surface area contributed by atoms with Gasteiger partial charge in [-0.25, -0.2) is 5.43 Å². The van der Waals surface area contributed by atoms with Crippen molar-refractivity contribution in [3.8, 4) is 5.75 Å². The summed E-state index contributed by atoms with van der Waals surface area (Å²) in [5.74, 6) is 0.337. The van der Waals surface area contributed by atoms with Crippen molar-refractivity contribution in [3.05, 3.63) is 65.2 Å². The van der Waals surface area contributed by atoms with Gasteiger partial charge in [0.25, 0.3) is 5.91 Å². The fourth-order valence-corrected chi connectivity index (χ4v) is 2.03. The molecule has 0 unspecified atom stereocenters. The number of hydrogen-bond acceptors (Lipinski definition) is 3. The van der Waals surface area contributed by atoms with Crippen LogP contribution in [0.3, 0.4) is 0 Å². The molecule has 114 valence electrons. The monoisotopic (exact) mass is 316 g/mol. The maximum absolute atomic E-state index is 11.8. The van der Waals surface area contributed by atoms with Crippen LogP contribution in [0, 0.1) is 0 Å². The molecule has 0 aromatic heterocycles. The SMILES string of the molecule is CC/C(=N\NC(=O)COc1ccccc1)c1cccc(Cl)c1. The fraction of sp³-hybridized carbons (Fsp3) is 0.176. The number of hydrogen-bond donors (Lipinski definition) is 1. The molecular formula is C17H17ClN2O2.